The van der Waals surface area contributed by atoms with E-state index in [9.17, 15) is 18.4 Å². The number of hydrogen-bond acceptors (Lipinski definition) is 2. The Morgan fingerprint density at radius 1 is 1.04 bits per heavy atom. The van der Waals surface area contributed by atoms with Gasteiger partial charge in [-0.1, -0.05) is 12.1 Å². The molecule has 1 heterocycles. The first-order chi connectivity index (χ1) is 11.6. The van der Waals surface area contributed by atoms with Gasteiger partial charge in [0, 0.05) is 12.2 Å². The van der Waals surface area contributed by atoms with Gasteiger partial charge >= 0.3 is 0 Å². The zero-order valence-corrected chi connectivity index (χ0v) is 12.8. The largest absolute Gasteiger partial charge is 0.327 e. The fraction of sp³-hybridized carbons (Fsp3) is 0.222. The lowest BCUT2D eigenvalue weighted by molar-refractivity contribution is -0.119. The number of rotatable bonds is 3. The summed E-state index contributed by atoms with van der Waals surface area (Å²) in [7, 11) is 0. The quantitative estimate of drug-likeness (QED) is 0.939. The van der Waals surface area contributed by atoms with Crippen LogP contribution in [0.2, 0.25) is 0 Å². The molecule has 1 atom stereocenters. The fourth-order valence-corrected chi connectivity index (χ4v) is 2.83. The number of carbonyl (C=O) groups excluding carboxylic acids is 2. The summed E-state index contributed by atoms with van der Waals surface area (Å²) in [5, 5.41) is 2.67. The third kappa shape index (κ3) is 3.27. The molecular formula is C18H16F2N2O2. The molecule has 1 N–H and O–H groups in total. The van der Waals surface area contributed by atoms with Crippen LogP contribution in [-0.4, -0.2) is 29.3 Å². The van der Waals surface area contributed by atoms with E-state index in [-0.39, 0.29) is 11.5 Å². The lowest BCUT2D eigenvalue weighted by atomic mass is 10.1. The van der Waals surface area contributed by atoms with Crippen molar-refractivity contribution < 1.29 is 18.4 Å². The van der Waals surface area contributed by atoms with Crippen molar-refractivity contribution in [3.63, 3.8) is 0 Å². The highest BCUT2D eigenvalue weighted by Crippen LogP contribution is 2.23. The number of amides is 2. The lowest BCUT2D eigenvalue weighted by Gasteiger charge is -2.24. The Morgan fingerprint density at radius 3 is 2.46 bits per heavy atom. The van der Waals surface area contributed by atoms with Crippen molar-refractivity contribution in [2.24, 2.45) is 0 Å². The molecule has 4 nitrogen and oxygen atoms in total. The van der Waals surface area contributed by atoms with Crippen molar-refractivity contribution in [3.8, 4) is 0 Å². The van der Waals surface area contributed by atoms with Crippen molar-refractivity contribution in [1.82, 2.24) is 4.90 Å². The van der Waals surface area contributed by atoms with Crippen LogP contribution in [0, 0.1) is 11.6 Å². The molecule has 24 heavy (non-hydrogen) atoms. The number of nitrogens with one attached hydrogen (secondary N) is 1. The van der Waals surface area contributed by atoms with Gasteiger partial charge in [-0.15, -0.1) is 0 Å². The van der Waals surface area contributed by atoms with E-state index in [1.807, 2.05) is 0 Å². The van der Waals surface area contributed by atoms with Crippen LogP contribution >= 0.6 is 0 Å². The number of hydrogen-bond donors (Lipinski definition) is 1. The van der Waals surface area contributed by atoms with Gasteiger partial charge in [0.15, 0.2) is 0 Å². The molecule has 3 rings (SSSR count). The van der Waals surface area contributed by atoms with Crippen LogP contribution in [0.1, 0.15) is 23.2 Å². The highest BCUT2D eigenvalue weighted by atomic mass is 19.1. The molecule has 0 bridgehead atoms. The van der Waals surface area contributed by atoms with Gasteiger partial charge in [-0.3, -0.25) is 9.59 Å². The van der Waals surface area contributed by atoms with Gasteiger partial charge < -0.3 is 10.2 Å². The molecule has 6 heteroatoms. The second-order valence-electron chi connectivity index (χ2n) is 5.63. The standard InChI is InChI=1S/C18H16F2N2O2/c19-12-7-9-13(10-8-12)21-17(23)16-6-3-11-22(16)18(24)14-4-1-2-5-15(14)20/h1-2,4-5,7-10,16H,3,6,11H2,(H,21,23)/t16-/m0/s1. The third-order valence-electron chi connectivity index (χ3n) is 4.03. The topological polar surface area (TPSA) is 49.4 Å². The summed E-state index contributed by atoms with van der Waals surface area (Å²) in [5.74, 6) is -1.86. The molecule has 0 saturated carbocycles. The Kier molecular flexibility index (Phi) is 4.55. The molecule has 2 amide bonds. The normalized spacial score (nSPS) is 16.9. The molecule has 2 aromatic rings. The number of likely N-dealkylation sites (tertiary alicyclic amines) is 1. The van der Waals surface area contributed by atoms with Crippen molar-refractivity contribution in [3.05, 3.63) is 65.7 Å². The third-order valence-corrected chi connectivity index (χ3v) is 4.03. The Morgan fingerprint density at radius 2 is 1.75 bits per heavy atom. The van der Waals surface area contributed by atoms with Crippen molar-refractivity contribution in [2.45, 2.75) is 18.9 Å². The Hall–Kier alpha value is -2.76. The minimum atomic E-state index is -0.665. The minimum Gasteiger partial charge on any atom is -0.327 e. The number of carbonyl (C=O) groups is 2. The molecule has 1 saturated heterocycles. The molecule has 124 valence electrons. The highest BCUT2D eigenvalue weighted by Gasteiger charge is 2.35. The van der Waals surface area contributed by atoms with Crippen LogP contribution in [0.15, 0.2) is 48.5 Å². The maximum atomic E-state index is 13.8. The van der Waals surface area contributed by atoms with E-state index in [1.54, 1.807) is 6.07 Å². The Labute approximate surface area is 138 Å². The van der Waals surface area contributed by atoms with Crippen molar-refractivity contribution in [1.29, 1.82) is 0 Å². The van der Waals surface area contributed by atoms with Crippen LogP contribution in [0.5, 0.6) is 0 Å². The first-order valence-corrected chi connectivity index (χ1v) is 7.68. The van der Waals surface area contributed by atoms with Gasteiger partial charge in [0.1, 0.15) is 17.7 Å². The van der Waals surface area contributed by atoms with Crippen LogP contribution in [0.4, 0.5) is 14.5 Å². The summed E-state index contributed by atoms with van der Waals surface area (Å²) in [6.45, 7) is 0.397. The number of anilines is 1. The molecule has 0 aromatic heterocycles. The second-order valence-corrected chi connectivity index (χ2v) is 5.63. The average molecular weight is 330 g/mol. The molecule has 0 aliphatic carbocycles. The zero-order chi connectivity index (χ0) is 17.1. The van der Waals surface area contributed by atoms with Crippen molar-refractivity contribution >= 4 is 17.5 Å². The summed E-state index contributed by atoms with van der Waals surface area (Å²) < 4.78 is 26.7. The van der Waals surface area contributed by atoms with E-state index in [0.29, 0.717) is 25.1 Å². The SMILES string of the molecule is O=C(Nc1ccc(F)cc1)[C@@H]1CCCN1C(=O)c1ccccc1F. The molecule has 2 aromatic carbocycles. The van der Waals surface area contributed by atoms with Gasteiger partial charge in [-0.25, -0.2) is 8.78 Å². The summed E-state index contributed by atoms with van der Waals surface area (Å²) in [4.78, 5) is 26.4. The van der Waals surface area contributed by atoms with Crippen LogP contribution in [0.25, 0.3) is 0 Å². The van der Waals surface area contributed by atoms with Gasteiger partial charge in [-0.05, 0) is 49.2 Å². The summed E-state index contributed by atoms with van der Waals surface area (Å²) in [5.41, 5.74) is 0.408. The van der Waals surface area contributed by atoms with Gasteiger partial charge in [-0.2, -0.15) is 0 Å². The van der Waals surface area contributed by atoms with Crippen LogP contribution < -0.4 is 5.32 Å². The number of halogens is 2. The van der Waals surface area contributed by atoms with E-state index >= 15 is 0 Å². The first-order valence-electron chi connectivity index (χ1n) is 7.68. The average Bonchev–Trinajstić information content (AvgIpc) is 3.06. The molecule has 0 spiro atoms. The van der Waals surface area contributed by atoms with Gasteiger partial charge in [0.2, 0.25) is 5.91 Å². The maximum absolute atomic E-state index is 13.8. The predicted molar refractivity (Wildman–Crippen MR) is 85.5 cm³/mol. The fourth-order valence-electron chi connectivity index (χ4n) is 2.83. The van der Waals surface area contributed by atoms with Crippen LogP contribution in [0.3, 0.4) is 0 Å². The minimum absolute atomic E-state index is 0.0426. The summed E-state index contributed by atoms with van der Waals surface area (Å²) >= 11 is 0. The smallest absolute Gasteiger partial charge is 0.257 e. The molecule has 1 aliphatic heterocycles. The second kappa shape index (κ2) is 6.78. The predicted octanol–water partition coefficient (Wildman–Crippen LogP) is 3.21. The first kappa shape index (κ1) is 16.1. The highest BCUT2D eigenvalue weighted by molar-refractivity contribution is 6.01. The Balaban J connectivity index is 1.75. The van der Waals surface area contributed by atoms with E-state index in [1.165, 1.54) is 47.4 Å². The molecule has 0 radical (unpaired) electrons. The zero-order valence-electron chi connectivity index (χ0n) is 12.8. The van der Waals surface area contributed by atoms with Gasteiger partial charge in [0.05, 0.1) is 5.56 Å². The van der Waals surface area contributed by atoms with E-state index < -0.39 is 23.6 Å². The lowest BCUT2D eigenvalue weighted by Crippen LogP contribution is -2.43. The number of benzene rings is 2. The van der Waals surface area contributed by atoms with E-state index in [0.717, 1.165) is 0 Å². The van der Waals surface area contributed by atoms with E-state index in [2.05, 4.69) is 5.32 Å². The van der Waals surface area contributed by atoms with Crippen LogP contribution in [-0.2, 0) is 4.79 Å². The monoisotopic (exact) mass is 330 g/mol. The molecule has 0 unspecified atom stereocenters. The maximum Gasteiger partial charge on any atom is 0.257 e. The van der Waals surface area contributed by atoms with Crippen molar-refractivity contribution in [2.75, 3.05) is 11.9 Å². The summed E-state index contributed by atoms with van der Waals surface area (Å²) in [6, 6.07) is 10.4. The Bertz CT molecular complexity index is 762. The number of nitrogens with zero attached hydrogens (tertiary/aromatic N) is 1. The summed E-state index contributed by atoms with van der Waals surface area (Å²) in [6.07, 6.45) is 1.18. The molecule has 1 aliphatic rings. The molecule has 1 fully saturated rings. The van der Waals surface area contributed by atoms with E-state index in [4.69, 9.17) is 0 Å². The van der Waals surface area contributed by atoms with Gasteiger partial charge in [0.25, 0.3) is 5.91 Å². The molecular weight excluding hydrogens is 314 g/mol.